The number of aromatic nitrogens is 2. The lowest BCUT2D eigenvalue weighted by Crippen LogP contribution is -2.31. The van der Waals surface area contributed by atoms with Crippen LogP contribution in [0.25, 0.3) is 0 Å². The fourth-order valence-electron chi connectivity index (χ4n) is 2.49. The average Bonchev–Trinajstić information content (AvgIpc) is 3.04. The van der Waals surface area contributed by atoms with E-state index in [0.29, 0.717) is 12.5 Å². The summed E-state index contributed by atoms with van der Waals surface area (Å²) in [5.41, 5.74) is 0. The van der Waals surface area contributed by atoms with Crippen LogP contribution in [0.2, 0.25) is 0 Å². The molecule has 10 heteroatoms. The third-order valence-corrected chi connectivity index (χ3v) is 5.60. The first-order chi connectivity index (χ1) is 11.9. The number of benzene rings is 1. The Morgan fingerprint density at radius 3 is 2.72 bits per heavy atom. The van der Waals surface area contributed by atoms with E-state index in [1.54, 1.807) is 0 Å². The zero-order valence-electron chi connectivity index (χ0n) is 13.2. The molecule has 0 N–H and O–H groups in total. The van der Waals surface area contributed by atoms with E-state index in [0.717, 1.165) is 16.4 Å². The lowest BCUT2D eigenvalue weighted by Gasteiger charge is -2.17. The van der Waals surface area contributed by atoms with Crippen molar-refractivity contribution in [2.24, 2.45) is 0 Å². The van der Waals surface area contributed by atoms with Crippen LogP contribution in [0.15, 0.2) is 35.5 Å². The molecule has 25 heavy (non-hydrogen) atoms. The summed E-state index contributed by atoms with van der Waals surface area (Å²) in [6.07, 6.45) is 2.75. The highest BCUT2D eigenvalue weighted by molar-refractivity contribution is 7.89. The van der Waals surface area contributed by atoms with E-state index in [1.807, 2.05) is 0 Å². The van der Waals surface area contributed by atoms with Crippen molar-refractivity contribution in [3.05, 3.63) is 42.2 Å². The summed E-state index contributed by atoms with van der Waals surface area (Å²) in [7, 11) is -2.63. The zero-order chi connectivity index (χ0) is 18.0. The minimum Gasteiger partial charge on any atom is -0.480 e. The minimum absolute atomic E-state index is 0.0258. The van der Waals surface area contributed by atoms with Gasteiger partial charge < -0.3 is 9.47 Å². The highest BCUT2D eigenvalue weighted by Crippen LogP contribution is 2.25. The molecule has 1 aromatic carbocycles. The topological polar surface area (TPSA) is 81.6 Å². The van der Waals surface area contributed by atoms with Crippen molar-refractivity contribution in [3.63, 3.8) is 0 Å². The second-order valence-corrected chi connectivity index (χ2v) is 7.27. The lowest BCUT2D eigenvalue weighted by molar-refractivity contribution is 0.203. The molecule has 0 bridgehead atoms. The SMILES string of the molecule is COc1cncc(OC2CCN(S(=O)(=O)c3ccc(F)cc3F)C2)n1. The Hall–Kier alpha value is -2.33. The number of hydrogen-bond donors (Lipinski definition) is 0. The van der Waals surface area contributed by atoms with Gasteiger partial charge in [0.15, 0.2) is 0 Å². The van der Waals surface area contributed by atoms with Crippen molar-refractivity contribution in [1.29, 1.82) is 0 Å². The second-order valence-electron chi connectivity index (χ2n) is 5.37. The molecule has 1 aliphatic heterocycles. The Bertz CT molecular complexity index is 879. The molecular weight excluding hydrogens is 356 g/mol. The summed E-state index contributed by atoms with van der Waals surface area (Å²) >= 11 is 0. The molecule has 0 amide bonds. The summed E-state index contributed by atoms with van der Waals surface area (Å²) in [6.45, 7) is 0.180. The summed E-state index contributed by atoms with van der Waals surface area (Å²) in [5.74, 6) is -1.48. The molecule has 1 aromatic heterocycles. The summed E-state index contributed by atoms with van der Waals surface area (Å²) in [4.78, 5) is 7.39. The third kappa shape index (κ3) is 3.69. The van der Waals surface area contributed by atoms with Crippen molar-refractivity contribution >= 4 is 10.0 Å². The number of methoxy groups -OCH3 is 1. The maximum Gasteiger partial charge on any atom is 0.246 e. The van der Waals surface area contributed by atoms with Crippen LogP contribution in [-0.4, -0.2) is 49.0 Å². The van der Waals surface area contributed by atoms with E-state index in [1.165, 1.54) is 19.5 Å². The lowest BCUT2D eigenvalue weighted by atomic mass is 10.3. The van der Waals surface area contributed by atoms with Gasteiger partial charge in [-0.25, -0.2) is 17.2 Å². The molecular formula is C15H15F2N3O4S. The van der Waals surface area contributed by atoms with E-state index in [2.05, 4.69) is 9.97 Å². The highest BCUT2D eigenvalue weighted by Gasteiger charge is 2.35. The Balaban J connectivity index is 1.73. The standard InChI is InChI=1S/C15H15F2N3O4S/c1-23-14-7-18-8-15(19-14)24-11-4-5-20(9-11)25(21,22)13-3-2-10(16)6-12(13)17/h2-3,6-8,11H,4-5,9H2,1H3. The molecule has 1 fully saturated rings. The number of ether oxygens (including phenoxy) is 2. The Labute approximate surface area is 143 Å². The van der Waals surface area contributed by atoms with Gasteiger partial charge in [-0.05, 0) is 18.6 Å². The quantitative estimate of drug-likeness (QED) is 0.794. The predicted molar refractivity (Wildman–Crippen MR) is 82.7 cm³/mol. The molecule has 2 heterocycles. The molecule has 1 unspecified atom stereocenters. The van der Waals surface area contributed by atoms with Gasteiger partial charge >= 0.3 is 0 Å². The third-order valence-electron chi connectivity index (χ3n) is 3.71. The molecule has 0 radical (unpaired) electrons. The van der Waals surface area contributed by atoms with E-state index in [9.17, 15) is 17.2 Å². The van der Waals surface area contributed by atoms with Crippen LogP contribution in [0.1, 0.15) is 6.42 Å². The Morgan fingerprint density at radius 2 is 2.00 bits per heavy atom. The Kier molecular flexibility index (Phi) is 4.82. The molecule has 0 saturated carbocycles. The van der Waals surface area contributed by atoms with Gasteiger partial charge in [0.05, 0.1) is 26.0 Å². The number of rotatable bonds is 5. The first-order valence-corrected chi connectivity index (χ1v) is 8.82. The van der Waals surface area contributed by atoms with Gasteiger partial charge in [-0.2, -0.15) is 9.29 Å². The summed E-state index contributed by atoms with van der Waals surface area (Å²) in [5, 5.41) is 0. The van der Waals surface area contributed by atoms with Crippen molar-refractivity contribution in [2.45, 2.75) is 17.4 Å². The van der Waals surface area contributed by atoms with Crippen LogP contribution in [0.5, 0.6) is 11.8 Å². The number of nitrogens with zero attached hydrogens (tertiary/aromatic N) is 3. The molecule has 7 nitrogen and oxygen atoms in total. The van der Waals surface area contributed by atoms with E-state index in [4.69, 9.17) is 9.47 Å². The summed E-state index contributed by atoms with van der Waals surface area (Å²) < 4.78 is 63.5. The van der Waals surface area contributed by atoms with Crippen LogP contribution in [0.3, 0.4) is 0 Å². The van der Waals surface area contributed by atoms with Gasteiger partial charge in [0.25, 0.3) is 0 Å². The predicted octanol–water partition coefficient (Wildman–Crippen LogP) is 1.61. The van der Waals surface area contributed by atoms with Gasteiger partial charge in [-0.1, -0.05) is 0 Å². The van der Waals surface area contributed by atoms with Gasteiger partial charge in [0, 0.05) is 12.6 Å². The first-order valence-electron chi connectivity index (χ1n) is 7.38. The van der Waals surface area contributed by atoms with E-state index in [-0.39, 0.29) is 24.8 Å². The van der Waals surface area contributed by atoms with Crippen LogP contribution < -0.4 is 9.47 Å². The van der Waals surface area contributed by atoms with Crippen molar-refractivity contribution in [3.8, 4) is 11.8 Å². The maximum absolute atomic E-state index is 13.8. The summed E-state index contributed by atoms with van der Waals surface area (Å²) in [6, 6.07) is 2.37. The molecule has 1 saturated heterocycles. The maximum atomic E-state index is 13.8. The molecule has 2 aromatic rings. The number of hydrogen-bond acceptors (Lipinski definition) is 6. The fourth-order valence-corrected chi connectivity index (χ4v) is 4.02. The van der Waals surface area contributed by atoms with Crippen molar-refractivity contribution < 1.29 is 26.7 Å². The van der Waals surface area contributed by atoms with Gasteiger partial charge in [-0.3, -0.25) is 4.98 Å². The van der Waals surface area contributed by atoms with Crippen molar-refractivity contribution in [2.75, 3.05) is 20.2 Å². The molecule has 0 spiro atoms. The number of halogens is 2. The van der Waals surface area contributed by atoms with Gasteiger partial charge in [0.1, 0.15) is 22.6 Å². The molecule has 3 rings (SSSR count). The monoisotopic (exact) mass is 371 g/mol. The molecule has 134 valence electrons. The average molecular weight is 371 g/mol. The van der Waals surface area contributed by atoms with Gasteiger partial charge in [-0.15, -0.1) is 0 Å². The van der Waals surface area contributed by atoms with Crippen LogP contribution in [-0.2, 0) is 10.0 Å². The smallest absolute Gasteiger partial charge is 0.246 e. The Morgan fingerprint density at radius 1 is 1.24 bits per heavy atom. The molecule has 1 aliphatic rings. The number of sulfonamides is 1. The minimum atomic E-state index is -4.07. The van der Waals surface area contributed by atoms with Crippen LogP contribution in [0.4, 0.5) is 8.78 Å². The van der Waals surface area contributed by atoms with E-state index < -0.39 is 32.7 Å². The molecule has 0 aliphatic carbocycles. The fraction of sp³-hybridized carbons (Fsp3) is 0.333. The molecule has 1 atom stereocenters. The van der Waals surface area contributed by atoms with Crippen molar-refractivity contribution in [1.82, 2.24) is 14.3 Å². The van der Waals surface area contributed by atoms with Gasteiger partial charge in [0.2, 0.25) is 21.8 Å². The first kappa shape index (κ1) is 17.5. The normalized spacial score (nSPS) is 18.3. The zero-order valence-corrected chi connectivity index (χ0v) is 14.0. The van der Waals surface area contributed by atoms with Crippen LogP contribution >= 0.6 is 0 Å². The highest BCUT2D eigenvalue weighted by atomic mass is 32.2. The second kappa shape index (κ2) is 6.89. The van der Waals surface area contributed by atoms with E-state index >= 15 is 0 Å². The largest absolute Gasteiger partial charge is 0.480 e. The van der Waals surface area contributed by atoms with Crippen LogP contribution in [0, 0.1) is 11.6 Å².